The largest absolute Gasteiger partial charge is 0.370 e. The normalized spacial score (nSPS) is 22.1. The van der Waals surface area contributed by atoms with Gasteiger partial charge in [0.05, 0.1) is 5.92 Å². The van der Waals surface area contributed by atoms with Gasteiger partial charge in [0.25, 0.3) is 0 Å². The molecule has 2 heterocycles. The summed E-state index contributed by atoms with van der Waals surface area (Å²) in [4.78, 5) is 28.3. The summed E-state index contributed by atoms with van der Waals surface area (Å²) in [6.07, 6.45) is 5.71. The summed E-state index contributed by atoms with van der Waals surface area (Å²) in [7, 11) is 0. The van der Waals surface area contributed by atoms with Crippen molar-refractivity contribution in [1.82, 2.24) is 15.1 Å². The van der Waals surface area contributed by atoms with Gasteiger partial charge in [0.2, 0.25) is 11.8 Å². The van der Waals surface area contributed by atoms with Crippen LogP contribution in [0, 0.1) is 5.92 Å². The SMILES string of the molecule is NC(=O)CCNC(=O)C1CCCN(C2CCN(CCc3ccccc3)CC2)C1. The standard InChI is InChI=1S/C22H34N4O2/c23-21(27)8-12-24-22(28)19-7-4-13-26(17-19)20-10-15-25(16-11-20)14-9-18-5-2-1-3-6-18/h1-3,5-6,19-20H,4,7-17H2,(H2,23,27)(H,24,28). The van der Waals surface area contributed by atoms with Gasteiger partial charge in [-0.2, -0.15) is 0 Å². The number of primary amides is 1. The van der Waals surface area contributed by atoms with Crippen LogP contribution in [0.5, 0.6) is 0 Å². The maximum Gasteiger partial charge on any atom is 0.224 e. The molecule has 1 aromatic rings. The van der Waals surface area contributed by atoms with Crippen molar-refractivity contribution in [2.45, 2.75) is 44.6 Å². The highest BCUT2D eigenvalue weighted by Gasteiger charge is 2.31. The van der Waals surface area contributed by atoms with Crippen molar-refractivity contribution in [2.75, 3.05) is 39.3 Å². The van der Waals surface area contributed by atoms with E-state index in [9.17, 15) is 9.59 Å². The Labute approximate surface area is 168 Å². The monoisotopic (exact) mass is 386 g/mol. The molecule has 154 valence electrons. The zero-order valence-electron chi connectivity index (χ0n) is 16.8. The third-order valence-electron chi connectivity index (χ3n) is 6.13. The Morgan fingerprint density at radius 3 is 2.54 bits per heavy atom. The van der Waals surface area contributed by atoms with Gasteiger partial charge >= 0.3 is 0 Å². The molecule has 0 spiro atoms. The van der Waals surface area contributed by atoms with Gasteiger partial charge in [-0.1, -0.05) is 30.3 Å². The topological polar surface area (TPSA) is 78.7 Å². The molecule has 1 aromatic carbocycles. The van der Waals surface area contributed by atoms with Crippen LogP contribution in [0.25, 0.3) is 0 Å². The lowest BCUT2D eigenvalue weighted by Crippen LogP contribution is -2.51. The Morgan fingerprint density at radius 2 is 1.82 bits per heavy atom. The van der Waals surface area contributed by atoms with Crippen molar-refractivity contribution < 1.29 is 9.59 Å². The highest BCUT2D eigenvalue weighted by molar-refractivity contribution is 5.80. The molecule has 0 radical (unpaired) electrons. The molecule has 2 saturated heterocycles. The van der Waals surface area contributed by atoms with Crippen LogP contribution < -0.4 is 11.1 Å². The molecule has 1 unspecified atom stereocenters. The van der Waals surface area contributed by atoms with Crippen LogP contribution in [0.15, 0.2) is 30.3 Å². The smallest absolute Gasteiger partial charge is 0.224 e. The number of nitrogens with zero attached hydrogens (tertiary/aromatic N) is 2. The van der Waals surface area contributed by atoms with E-state index in [0.717, 1.165) is 52.0 Å². The molecule has 0 saturated carbocycles. The fourth-order valence-electron chi connectivity index (χ4n) is 4.45. The molecule has 0 aliphatic carbocycles. The molecular weight excluding hydrogens is 352 g/mol. The van der Waals surface area contributed by atoms with E-state index >= 15 is 0 Å². The van der Waals surface area contributed by atoms with Gasteiger partial charge in [-0.3, -0.25) is 14.5 Å². The Kier molecular flexibility index (Phi) is 7.86. The van der Waals surface area contributed by atoms with Crippen LogP contribution in [-0.2, 0) is 16.0 Å². The molecule has 3 rings (SSSR count). The average Bonchev–Trinajstić information content (AvgIpc) is 2.73. The van der Waals surface area contributed by atoms with Crippen LogP contribution in [0.1, 0.15) is 37.7 Å². The molecule has 2 aliphatic rings. The zero-order valence-corrected chi connectivity index (χ0v) is 16.8. The quantitative estimate of drug-likeness (QED) is 0.708. The molecule has 3 N–H and O–H groups in total. The Hall–Kier alpha value is -1.92. The van der Waals surface area contributed by atoms with Crippen molar-refractivity contribution in [3.8, 4) is 0 Å². The molecule has 6 nitrogen and oxygen atoms in total. The number of carbonyl (C=O) groups is 2. The van der Waals surface area contributed by atoms with Crippen molar-refractivity contribution in [3.05, 3.63) is 35.9 Å². The molecule has 6 heteroatoms. The predicted octanol–water partition coefficient (Wildman–Crippen LogP) is 1.40. The van der Waals surface area contributed by atoms with E-state index in [1.807, 2.05) is 0 Å². The van der Waals surface area contributed by atoms with Gasteiger partial charge < -0.3 is 16.0 Å². The third kappa shape index (κ3) is 6.31. The summed E-state index contributed by atoms with van der Waals surface area (Å²) in [5, 5.41) is 2.87. The number of nitrogens with two attached hydrogens (primary N) is 1. The first kappa shape index (κ1) is 20.8. The number of amides is 2. The highest BCUT2D eigenvalue weighted by Crippen LogP contribution is 2.24. The van der Waals surface area contributed by atoms with Crippen LogP contribution >= 0.6 is 0 Å². The summed E-state index contributed by atoms with van der Waals surface area (Å²) in [6.45, 7) is 5.70. The summed E-state index contributed by atoms with van der Waals surface area (Å²) < 4.78 is 0. The average molecular weight is 387 g/mol. The molecule has 2 amide bonds. The van der Waals surface area contributed by atoms with E-state index in [2.05, 4.69) is 45.4 Å². The maximum absolute atomic E-state index is 12.4. The van der Waals surface area contributed by atoms with Crippen LogP contribution in [-0.4, -0.2) is 66.9 Å². The summed E-state index contributed by atoms with van der Waals surface area (Å²) >= 11 is 0. The first-order chi connectivity index (χ1) is 13.6. The molecule has 0 bridgehead atoms. The number of nitrogens with one attached hydrogen (secondary N) is 1. The van der Waals surface area contributed by atoms with Gasteiger partial charge in [0.1, 0.15) is 0 Å². The molecule has 1 atom stereocenters. The van der Waals surface area contributed by atoms with Crippen molar-refractivity contribution in [1.29, 1.82) is 0 Å². The van der Waals surface area contributed by atoms with Gasteiger partial charge in [0, 0.05) is 32.1 Å². The van der Waals surface area contributed by atoms with E-state index in [1.54, 1.807) is 0 Å². The lowest BCUT2D eigenvalue weighted by atomic mass is 9.93. The minimum atomic E-state index is -0.371. The van der Waals surface area contributed by atoms with Gasteiger partial charge in [-0.25, -0.2) is 0 Å². The van der Waals surface area contributed by atoms with Crippen molar-refractivity contribution >= 4 is 11.8 Å². The number of rotatable bonds is 8. The maximum atomic E-state index is 12.4. The van der Waals surface area contributed by atoms with Gasteiger partial charge in [-0.05, 0) is 57.3 Å². The van der Waals surface area contributed by atoms with E-state index in [1.165, 1.54) is 18.4 Å². The highest BCUT2D eigenvalue weighted by atomic mass is 16.2. The van der Waals surface area contributed by atoms with E-state index in [-0.39, 0.29) is 24.2 Å². The van der Waals surface area contributed by atoms with Gasteiger partial charge in [0.15, 0.2) is 0 Å². The number of benzene rings is 1. The Morgan fingerprint density at radius 1 is 1.07 bits per heavy atom. The fourth-order valence-corrected chi connectivity index (χ4v) is 4.45. The fraction of sp³-hybridized carbons (Fsp3) is 0.636. The number of carbonyl (C=O) groups excluding carboxylic acids is 2. The number of likely N-dealkylation sites (tertiary alicyclic amines) is 2. The van der Waals surface area contributed by atoms with Crippen LogP contribution in [0.4, 0.5) is 0 Å². The van der Waals surface area contributed by atoms with E-state index in [4.69, 9.17) is 5.73 Å². The minimum absolute atomic E-state index is 0.0396. The summed E-state index contributed by atoms with van der Waals surface area (Å²) in [5.41, 5.74) is 6.55. The number of piperidine rings is 2. The second-order valence-electron chi connectivity index (χ2n) is 8.15. The number of hydrogen-bond donors (Lipinski definition) is 2. The van der Waals surface area contributed by atoms with Crippen LogP contribution in [0.3, 0.4) is 0 Å². The van der Waals surface area contributed by atoms with Crippen molar-refractivity contribution in [2.24, 2.45) is 11.7 Å². The molecular formula is C22H34N4O2. The Balaban J connectivity index is 1.38. The first-order valence-corrected chi connectivity index (χ1v) is 10.7. The summed E-state index contributed by atoms with van der Waals surface area (Å²) in [6, 6.07) is 11.3. The lowest BCUT2D eigenvalue weighted by molar-refractivity contribution is -0.127. The first-order valence-electron chi connectivity index (χ1n) is 10.7. The van der Waals surface area contributed by atoms with Gasteiger partial charge in [-0.15, -0.1) is 0 Å². The van der Waals surface area contributed by atoms with E-state index < -0.39 is 0 Å². The Bertz CT molecular complexity index is 629. The molecule has 2 fully saturated rings. The minimum Gasteiger partial charge on any atom is -0.370 e. The lowest BCUT2D eigenvalue weighted by Gasteiger charge is -2.42. The zero-order chi connectivity index (χ0) is 19.8. The van der Waals surface area contributed by atoms with Crippen LogP contribution in [0.2, 0.25) is 0 Å². The predicted molar refractivity (Wildman–Crippen MR) is 111 cm³/mol. The molecule has 0 aromatic heterocycles. The van der Waals surface area contributed by atoms with E-state index in [0.29, 0.717) is 12.6 Å². The van der Waals surface area contributed by atoms with Crippen molar-refractivity contribution in [3.63, 3.8) is 0 Å². The summed E-state index contributed by atoms with van der Waals surface area (Å²) in [5.74, 6) is -0.256. The second kappa shape index (κ2) is 10.6. The third-order valence-corrected chi connectivity index (χ3v) is 6.13. The second-order valence-corrected chi connectivity index (χ2v) is 8.15. The molecule has 28 heavy (non-hydrogen) atoms. The number of hydrogen-bond acceptors (Lipinski definition) is 4. The molecule has 2 aliphatic heterocycles.